The average molecular weight is 247 g/mol. The van der Waals surface area contributed by atoms with Gasteiger partial charge in [0.25, 0.3) is 0 Å². The quantitative estimate of drug-likeness (QED) is 0.893. The normalized spacial score (nSPS) is 29.8. The van der Waals surface area contributed by atoms with Gasteiger partial charge in [-0.1, -0.05) is 19.8 Å². The molecule has 3 unspecified atom stereocenters. The average Bonchev–Trinajstić information content (AvgIpc) is 2.85. The van der Waals surface area contributed by atoms with E-state index in [1.165, 1.54) is 0 Å². The third-order valence-electron chi connectivity index (χ3n) is 4.11. The molecule has 0 radical (unpaired) electrons. The van der Waals surface area contributed by atoms with Gasteiger partial charge in [-0.2, -0.15) is 10.4 Å². The summed E-state index contributed by atoms with van der Waals surface area (Å²) < 4.78 is 1.78. The maximum absolute atomic E-state index is 10.6. The number of aliphatic hydroxyl groups is 1. The summed E-state index contributed by atoms with van der Waals surface area (Å²) >= 11 is 0. The maximum atomic E-state index is 10.6. The highest BCUT2D eigenvalue weighted by molar-refractivity contribution is 5.16. The highest BCUT2D eigenvalue weighted by atomic mass is 16.3. The molecule has 1 N–H and O–H groups in total. The Bertz CT molecular complexity index is 448. The minimum atomic E-state index is -0.729. The van der Waals surface area contributed by atoms with Crippen molar-refractivity contribution in [3.63, 3.8) is 0 Å². The Labute approximate surface area is 108 Å². The lowest BCUT2D eigenvalue weighted by Gasteiger charge is -2.38. The fourth-order valence-electron chi connectivity index (χ4n) is 3.13. The number of nitrogens with zero attached hydrogens (tertiary/aromatic N) is 3. The lowest BCUT2D eigenvalue weighted by Crippen LogP contribution is -2.34. The van der Waals surface area contributed by atoms with E-state index in [0.717, 1.165) is 37.9 Å². The zero-order valence-corrected chi connectivity index (χ0v) is 11.1. The molecular weight excluding hydrogens is 226 g/mol. The molecule has 0 aliphatic heterocycles. The van der Waals surface area contributed by atoms with Crippen LogP contribution < -0.4 is 0 Å². The smallest absolute Gasteiger partial charge is 0.114 e. The predicted molar refractivity (Wildman–Crippen MR) is 68.5 cm³/mol. The molecule has 0 spiro atoms. The zero-order valence-electron chi connectivity index (χ0n) is 11.1. The molecule has 4 heteroatoms. The SMILES string of the molecule is CCn1nccc1C(O)C1(C#N)CCCC(C)C1. The van der Waals surface area contributed by atoms with Crippen LogP contribution in [-0.2, 0) is 6.54 Å². The van der Waals surface area contributed by atoms with Gasteiger partial charge in [0.15, 0.2) is 0 Å². The molecule has 0 amide bonds. The molecule has 0 bridgehead atoms. The number of aryl methyl sites for hydroxylation is 1. The van der Waals surface area contributed by atoms with Crippen LogP contribution in [0.15, 0.2) is 12.3 Å². The van der Waals surface area contributed by atoms with Crippen molar-refractivity contribution in [2.45, 2.75) is 52.2 Å². The highest BCUT2D eigenvalue weighted by Gasteiger charge is 2.43. The summed E-state index contributed by atoms with van der Waals surface area (Å²) in [4.78, 5) is 0. The molecular formula is C14H21N3O. The van der Waals surface area contributed by atoms with Crippen LogP contribution in [0.1, 0.15) is 51.3 Å². The standard InChI is InChI=1S/C14H21N3O/c1-3-17-12(6-8-16-17)13(18)14(10-15)7-4-5-11(2)9-14/h6,8,11,13,18H,3-5,7,9H2,1-2H3. The molecule has 3 atom stereocenters. The van der Waals surface area contributed by atoms with Crippen molar-refractivity contribution in [3.8, 4) is 6.07 Å². The fraction of sp³-hybridized carbons (Fsp3) is 0.714. The lowest BCUT2D eigenvalue weighted by atomic mass is 9.67. The number of aliphatic hydroxyl groups excluding tert-OH is 1. The number of hydrogen-bond acceptors (Lipinski definition) is 3. The van der Waals surface area contributed by atoms with Crippen LogP contribution >= 0.6 is 0 Å². The molecule has 98 valence electrons. The lowest BCUT2D eigenvalue weighted by molar-refractivity contribution is 0.0159. The molecule has 1 aromatic rings. The van der Waals surface area contributed by atoms with Crippen molar-refractivity contribution in [2.24, 2.45) is 11.3 Å². The van der Waals surface area contributed by atoms with E-state index in [9.17, 15) is 10.4 Å². The van der Waals surface area contributed by atoms with Crippen molar-refractivity contribution in [1.29, 1.82) is 5.26 Å². The van der Waals surface area contributed by atoms with Crippen LogP contribution in [0.3, 0.4) is 0 Å². The van der Waals surface area contributed by atoms with Gasteiger partial charge in [-0.3, -0.25) is 4.68 Å². The Hall–Kier alpha value is -1.34. The van der Waals surface area contributed by atoms with E-state index >= 15 is 0 Å². The molecule has 1 saturated carbocycles. The second kappa shape index (κ2) is 5.11. The molecule has 4 nitrogen and oxygen atoms in total. The van der Waals surface area contributed by atoms with Crippen molar-refractivity contribution in [3.05, 3.63) is 18.0 Å². The maximum Gasteiger partial charge on any atom is 0.114 e. The minimum absolute atomic E-state index is 0.506. The molecule has 1 fully saturated rings. The number of rotatable bonds is 3. The monoisotopic (exact) mass is 247 g/mol. The van der Waals surface area contributed by atoms with Gasteiger partial charge in [-0.25, -0.2) is 0 Å². The van der Waals surface area contributed by atoms with E-state index in [1.54, 1.807) is 10.9 Å². The minimum Gasteiger partial charge on any atom is -0.385 e. The van der Waals surface area contributed by atoms with E-state index in [1.807, 2.05) is 13.0 Å². The number of hydrogen-bond donors (Lipinski definition) is 1. The van der Waals surface area contributed by atoms with Crippen LogP contribution in [0.2, 0.25) is 0 Å². The van der Waals surface area contributed by atoms with Crippen LogP contribution in [0.25, 0.3) is 0 Å². The van der Waals surface area contributed by atoms with E-state index in [2.05, 4.69) is 18.1 Å². The van der Waals surface area contributed by atoms with E-state index in [0.29, 0.717) is 5.92 Å². The van der Waals surface area contributed by atoms with Gasteiger partial charge >= 0.3 is 0 Å². The van der Waals surface area contributed by atoms with Crippen molar-refractivity contribution in [1.82, 2.24) is 9.78 Å². The van der Waals surface area contributed by atoms with Gasteiger partial charge < -0.3 is 5.11 Å². The molecule has 1 heterocycles. The van der Waals surface area contributed by atoms with E-state index in [-0.39, 0.29) is 0 Å². The summed E-state index contributed by atoms with van der Waals surface area (Å²) in [7, 11) is 0. The van der Waals surface area contributed by atoms with Gasteiger partial charge in [0.1, 0.15) is 6.10 Å². The second-order valence-electron chi connectivity index (χ2n) is 5.44. The van der Waals surface area contributed by atoms with Crippen molar-refractivity contribution < 1.29 is 5.11 Å². The van der Waals surface area contributed by atoms with Crippen LogP contribution in [0, 0.1) is 22.7 Å². The van der Waals surface area contributed by atoms with Crippen LogP contribution in [0.5, 0.6) is 0 Å². The van der Waals surface area contributed by atoms with Crippen LogP contribution in [-0.4, -0.2) is 14.9 Å². The third-order valence-corrected chi connectivity index (χ3v) is 4.11. The Morgan fingerprint density at radius 1 is 1.72 bits per heavy atom. The first-order chi connectivity index (χ1) is 8.63. The van der Waals surface area contributed by atoms with Gasteiger partial charge in [0.2, 0.25) is 0 Å². The van der Waals surface area contributed by atoms with E-state index in [4.69, 9.17) is 0 Å². The largest absolute Gasteiger partial charge is 0.385 e. The number of aromatic nitrogens is 2. The Kier molecular flexibility index (Phi) is 3.72. The molecule has 1 aliphatic carbocycles. The Balaban J connectivity index is 2.30. The summed E-state index contributed by atoms with van der Waals surface area (Å²) in [5.74, 6) is 0.506. The first kappa shape index (κ1) is 13.1. The molecule has 18 heavy (non-hydrogen) atoms. The second-order valence-corrected chi connectivity index (χ2v) is 5.44. The molecule has 1 aromatic heterocycles. The summed E-state index contributed by atoms with van der Waals surface area (Å²) in [6, 6.07) is 4.22. The highest BCUT2D eigenvalue weighted by Crippen LogP contribution is 2.47. The predicted octanol–water partition coefficient (Wildman–Crippen LogP) is 2.66. The summed E-state index contributed by atoms with van der Waals surface area (Å²) in [5.41, 5.74) is 0.137. The van der Waals surface area contributed by atoms with Crippen LogP contribution in [0.4, 0.5) is 0 Å². The fourth-order valence-corrected chi connectivity index (χ4v) is 3.13. The van der Waals surface area contributed by atoms with Crippen molar-refractivity contribution in [2.75, 3.05) is 0 Å². The van der Waals surface area contributed by atoms with Gasteiger partial charge in [0.05, 0.1) is 17.2 Å². The summed E-state index contributed by atoms with van der Waals surface area (Å²) in [6.07, 6.45) is 4.70. The Morgan fingerprint density at radius 2 is 2.50 bits per heavy atom. The number of nitriles is 1. The van der Waals surface area contributed by atoms with E-state index < -0.39 is 11.5 Å². The summed E-state index contributed by atoms with van der Waals surface area (Å²) in [6.45, 7) is 4.87. The zero-order chi connectivity index (χ0) is 13.2. The van der Waals surface area contributed by atoms with Gasteiger partial charge in [-0.15, -0.1) is 0 Å². The van der Waals surface area contributed by atoms with Gasteiger partial charge in [-0.05, 0) is 31.7 Å². The molecule has 0 aromatic carbocycles. The molecule has 1 aliphatic rings. The molecule has 2 rings (SSSR count). The first-order valence-electron chi connectivity index (χ1n) is 6.74. The topological polar surface area (TPSA) is 61.8 Å². The summed E-state index contributed by atoms with van der Waals surface area (Å²) in [5, 5.41) is 24.4. The molecule has 0 saturated heterocycles. The van der Waals surface area contributed by atoms with Gasteiger partial charge in [0, 0.05) is 12.7 Å². The van der Waals surface area contributed by atoms with Crippen molar-refractivity contribution >= 4 is 0 Å². The Morgan fingerprint density at radius 3 is 3.11 bits per heavy atom. The first-order valence-corrected chi connectivity index (χ1v) is 6.74. The third kappa shape index (κ3) is 2.15.